The number of anilines is 2. The van der Waals surface area contributed by atoms with E-state index in [-0.39, 0.29) is 0 Å². The lowest BCUT2D eigenvalue weighted by molar-refractivity contribution is -0.137. The number of hydrogen-bond acceptors (Lipinski definition) is 6. The van der Waals surface area contributed by atoms with Gasteiger partial charge in [-0.05, 0) is 41.8 Å². The van der Waals surface area contributed by atoms with Gasteiger partial charge in [0.2, 0.25) is 0 Å². The van der Waals surface area contributed by atoms with Gasteiger partial charge in [0.25, 0.3) is 0 Å². The van der Waals surface area contributed by atoms with Gasteiger partial charge in [-0.2, -0.15) is 29.0 Å². The van der Waals surface area contributed by atoms with Gasteiger partial charge < -0.3 is 9.80 Å². The Labute approximate surface area is 174 Å². The maximum absolute atomic E-state index is 13.0. The maximum atomic E-state index is 13.0. The predicted molar refractivity (Wildman–Crippen MR) is 110 cm³/mol. The first-order chi connectivity index (χ1) is 14.5. The van der Waals surface area contributed by atoms with Crippen LogP contribution in [0, 0.1) is 0 Å². The SMILES string of the molecule is FC(F)(F)c1cccc(N2CCN(c3ccc4nnc(-c5ccsc5)n4n3)CC2)c1. The van der Waals surface area contributed by atoms with Crippen molar-refractivity contribution in [1.29, 1.82) is 0 Å². The predicted octanol–water partition coefficient (Wildman–Crippen LogP) is 4.20. The molecule has 6 nitrogen and oxygen atoms in total. The first-order valence-corrected chi connectivity index (χ1v) is 10.4. The highest BCUT2D eigenvalue weighted by Gasteiger charge is 2.31. The maximum Gasteiger partial charge on any atom is 0.416 e. The molecule has 4 aromatic rings. The molecule has 0 amide bonds. The molecular weight excluding hydrogens is 413 g/mol. The molecule has 10 heteroatoms. The molecule has 1 aromatic carbocycles. The van der Waals surface area contributed by atoms with E-state index in [0.717, 1.165) is 17.4 Å². The lowest BCUT2D eigenvalue weighted by atomic mass is 10.1. The molecule has 1 aliphatic rings. The second-order valence-electron chi connectivity index (χ2n) is 7.02. The van der Waals surface area contributed by atoms with Crippen LogP contribution >= 0.6 is 11.3 Å². The number of thiophene rings is 1. The summed E-state index contributed by atoms with van der Waals surface area (Å²) in [5, 5.41) is 17.1. The van der Waals surface area contributed by atoms with Crippen LogP contribution in [0.3, 0.4) is 0 Å². The monoisotopic (exact) mass is 430 g/mol. The summed E-state index contributed by atoms with van der Waals surface area (Å²) in [6, 6.07) is 11.2. The van der Waals surface area contributed by atoms with E-state index in [1.54, 1.807) is 21.9 Å². The normalized spacial score (nSPS) is 15.2. The number of rotatable bonds is 3. The molecule has 1 aliphatic heterocycles. The quantitative estimate of drug-likeness (QED) is 0.488. The molecule has 0 radical (unpaired) electrons. The standard InChI is InChI=1S/C20H17F3N6S/c21-20(22,23)15-2-1-3-16(12-15)27-7-9-28(10-8-27)18-5-4-17-24-25-19(29(17)26-18)14-6-11-30-13-14/h1-6,11-13H,7-10H2. The average molecular weight is 430 g/mol. The summed E-state index contributed by atoms with van der Waals surface area (Å²) >= 11 is 1.58. The van der Waals surface area contributed by atoms with Crippen molar-refractivity contribution in [2.75, 3.05) is 36.0 Å². The van der Waals surface area contributed by atoms with Crippen LogP contribution in [0.2, 0.25) is 0 Å². The zero-order valence-corrected chi connectivity index (χ0v) is 16.6. The van der Waals surface area contributed by atoms with Gasteiger partial charge in [0.1, 0.15) is 5.82 Å². The summed E-state index contributed by atoms with van der Waals surface area (Å²) in [5.74, 6) is 1.48. The minimum Gasteiger partial charge on any atom is -0.368 e. The molecule has 3 aromatic heterocycles. The first kappa shape index (κ1) is 18.9. The highest BCUT2D eigenvalue weighted by Crippen LogP contribution is 2.32. The fourth-order valence-electron chi connectivity index (χ4n) is 3.59. The summed E-state index contributed by atoms with van der Waals surface area (Å²) < 4.78 is 40.8. The molecule has 0 aliphatic carbocycles. The van der Waals surface area contributed by atoms with Crippen molar-refractivity contribution in [3.8, 4) is 11.4 Å². The third kappa shape index (κ3) is 3.47. The second kappa shape index (κ2) is 7.28. The number of alkyl halides is 3. The van der Waals surface area contributed by atoms with Crippen LogP contribution in [0.1, 0.15) is 5.56 Å². The minimum absolute atomic E-state index is 0.589. The molecule has 4 heterocycles. The molecular formula is C20H17F3N6S. The van der Waals surface area contributed by atoms with Gasteiger partial charge in [-0.1, -0.05) is 6.07 Å². The number of aromatic nitrogens is 4. The Hall–Kier alpha value is -3.14. The highest BCUT2D eigenvalue weighted by molar-refractivity contribution is 7.08. The molecule has 0 atom stereocenters. The number of benzene rings is 1. The number of piperazine rings is 1. The molecule has 154 valence electrons. The van der Waals surface area contributed by atoms with Gasteiger partial charge in [-0.15, -0.1) is 15.3 Å². The Bertz CT molecular complexity index is 1160. The van der Waals surface area contributed by atoms with E-state index in [9.17, 15) is 13.2 Å². The molecule has 5 rings (SSSR count). The van der Waals surface area contributed by atoms with Crippen molar-refractivity contribution >= 4 is 28.5 Å². The van der Waals surface area contributed by atoms with Crippen molar-refractivity contribution in [3.05, 3.63) is 58.8 Å². The van der Waals surface area contributed by atoms with E-state index in [4.69, 9.17) is 5.10 Å². The van der Waals surface area contributed by atoms with Crippen molar-refractivity contribution in [3.63, 3.8) is 0 Å². The summed E-state index contributed by atoms with van der Waals surface area (Å²) in [6.45, 7) is 2.54. The molecule has 0 bridgehead atoms. The number of hydrogen-bond donors (Lipinski definition) is 0. The van der Waals surface area contributed by atoms with E-state index in [2.05, 4.69) is 15.1 Å². The Balaban J connectivity index is 1.35. The molecule has 0 unspecified atom stereocenters. The lowest BCUT2D eigenvalue weighted by Crippen LogP contribution is -2.47. The van der Waals surface area contributed by atoms with Gasteiger partial charge in [-0.3, -0.25) is 0 Å². The van der Waals surface area contributed by atoms with E-state index >= 15 is 0 Å². The molecule has 0 spiro atoms. The summed E-state index contributed by atoms with van der Waals surface area (Å²) in [4.78, 5) is 4.10. The van der Waals surface area contributed by atoms with Crippen LogP contribution in [-0.4, -0.2) is 46.0 Å². The third-order valence-corrected chi connectivity index (χ3v) is 5.85. The molecule has 1 fully saturated rings. The summed E-state index contributed by atoms with van der Waals surface area (Å²) in [5.41, 5.74) is 1.60. The van der Waals surface area contributed by atoms with Crippen molar-refractivity contribution < 1.29 is 13.2 Å². The smallest absolute Gasteiger partial charge is 0.368 e. The number of fused-ring (bicyclic) bond motifs is 1. The molecule has 30 heavy (non-hydrogen) atoms. The highest BCUT2D eigenvalue weighted by atomic mass is 32.1. The van der Waals surface area contributed by atoms with Crippen LogP contribution in [0.15, 0.2) is 53.2 Å². The third-order valence-electron chi connectivity index (χ3n) is 5.17. The van der Waals surface area contributed by atoms with Crippen molar-refractivity contribution in [2.45, 2.75) is 6.18 Å². The van der Waals surface area contributed by atoms with Crippen molar-refractivity contribution in [1.82, 2.24) is 19.8 Å². The van der Waals surface area contributed by atoms with E-state index < -0.39 is 11.7 Å². The van der Waals surface area contributed by atoms with E-state index in [1.165, 1.54) is 12.1 Å². The van der Waals surface area contributed by atoms with Gasteiger partial charge in [0.05, 0.1) is 5.56 Å². The fourth-order valence-corrected chi connectivity index (χ4v) is 4.23. The Morgan fingerprint density at radius 1 is 0.900 bits per heavy atom. The van der Waals surface area contributed by atoms with Crippen LogP contribution in [0.4, 0.5) is 24.7 Å². The van der Waals surface area contributed by atoms with E-state index in [1.807, 2.05) is 33.9 Å². The van der Waals surface area contributed by atoms with E-state index in [0.29, 0.717) is 43.3 Å². The van der Waals surface area contributed by atoms with Crippen LogP contribution < -0.4 is 9.80 Å². The second-order valence-corrected chi connectivity index (χ2v) is 7.80. The zero-order valence-electron chi connectivity index (χ0n) is 15.8. The van der Waals surface area contributed by atoms with Crippen LogP contribution in [0.5, 0.6) is 0 Å². The van der Waals surface area contributed by atoms with Crippen molar-refractivity contribution in [2.24, 2.45) is 0 Å². The van der Waals surface area contributed by atoms with Gasteiger partial charge in [0.15, 0.2) is 11.5 Å². The molecule has 0 saturated carbocycles. The average Bonchev–Trinajstić information content (AvgIpc) is 3.42. The van der Waals surface area contributed by atoms with Crippen LogP contribution in [-0.2, 0) is 6.18 Å². The summed E-state index contributed by atoms with van der Waals surface area (Å²) in [6.07, 6.45) is -4.34. The lowest BCUT2D eigenvalue weighted by Gasteiger charge is -2.36. The zero-order chi connectivity index (χ0) is 20.7. The first-order valence-electron chi connectivity index (χ1n) is 9.41. The number of nitrogens with zero attached hydrogens (tertiary/aromatic N) is 6. The van der Waals surface area contributed by atoms with Crippen LogP contribution in [0.25, 0.3) is 17.0 Å². The molecule has 1 saturated heterocycles. The Morgan fingerprint density at radius 3 is 2.43 bits per heavy atom. The molecule has 0 N–H and O–H groups in total. The minimum atomic E-state index is -4.34. The van der Waals surface area contributed by atoms with Gasteiger partial charge in [0, 0.05) is 42.8 Å². The van der Waals surface area contributed by atoms with Gasteiger partial charge in [-0.25, -0.2) is 0 Å². The Morgan fingerprint density at radius 2 is 1.70 bits per heavy atom. The largest absolute Gasteiger partial charge is 0.416 e. The number of halogens is 3. The Kier molecular flexibility index (Phi) is 4.58. The summed E-state index contributed by atoms with van der Waals surface area (Å²) in [7, 11) is 0. The van der Waals surface area contributed by atoms with Gasteiger partial charge >= 0.3 is 6.18 Å². The fraction of sp³-hybridized carbons (Fsp3) is 0.250. The topological polar surface area (TPSA) is 49.6 Å².